The molecule has 0 bridgehead atoms. The van der Waals surface area contributed by atoms with Crippen molar-refractivity contribution in [3.05, 3.63) is 59.9 Å². The van der Waals surface area contributed by atoms with Gasteiger partial charge in [0.1, 0.15) is 10.8 Å². The van der Waals surface area contributed by atoms with Gasteiger partial charge in [-0.05, 0) is 50.2 Å². The summed E-state index contributed by atoms with van der Waals surface area (Å²) in [5, 5.41) is 5.43. The number of amides is 2. The molecule has 2 amide bonds. The molecule has 30 heavy (non-hydrogen) atoms. The van der Waals surface area contributed by atoms with Crippen LogP contribution in [0.4, 0.5) is 23.7 Å². The number of nitrogens with zero attached hydrogens (tertiary/aromatic N) is 3. The van der Waals surface area contributed by atoms with Crippen LogP contribution in [0.5, 0.6) is 5.75 Å². The zero-order chi connectivity index (χ0) is 21.7. The van der Waals surface area contributed by atoms with E-state index in [1.54, 1.807) is 17.3 Å². The number of aromatic nitrogens is 2. The number of ether oxygens (including phenoxy) is 1. The molecule has 0 fully saturated rings. The number of nitrogens with one attached hydrogen (secondary N) is 1. The van der Waals surface area contributed by atoms with E-state index in [4.69, 9.17) is 0 Å². The predicted molar refractivity (Wildman–Crippen MR) is 108 cm³/mol. The average molecular weight is 436 g/mol. The molecule has 0 unspecified atom stereocenters. The van der Waals surface area contributed by atoms with Crippen molar-refractivity contribution >= 4 is 23.1 Å². The molecule has 0 atom stereocenters. The van der Waals surface area contributed by atoms with Crippen molar-refractivity contribution < 1.29 is 22.7 Å². The molecule has 0 aliphatic rings. The zero-order valence-electron chi connectivity index (χ0n) is 16.2. The van der Waals surface area contributed by atoms with Crippen molar-refractivity contribution in [1.29, 1.82) is 0 Å². The average Bonchev–Trinajstić information content (AvgIpc) is 3.21. The zero-order valence-corrected chi connectivity index (χ0v) is 17.0. The van der Waals surface area contributed by atoms with E-state index in [0.717, 1.165) is 22.7 Å². The van der Waals surface area contributed by atoms with Crippen molar-refractivity contribution in [3.8, 4) is 16.3 Å². The minimum absolute atomic E-state index is 0.136. The van der Waals surface area contributed by atoms with Gasteiger partial charge >= 0.3 is 12.4 Å². The number of anilines is 1. The Morgan fingerprint density at radius 2 is 1.90 bits per heavy atom. The van der Waals surface area contributed by atoms with Crippen molar-refractivity contribution in [3.63, 3.8) is 0 Å². The molecule has 0 saturated heterocycles. The maximum atomic E-state index is 12.8. The molecule has 0 saturated carbocycles. The lowest BCUT2D eigenvalue weighted by molar-refractivity contribution is -0.274. The second-order valence-electron chi connectivity index (χ2n) is 6.60. The molecule has 10 heteroatoms. The molecule has 2 heterocycles. The van der Waals surface area contributed by atoms with Gasteiger partial charge in [0, 0.05) is 35.1 Å². The van der Waals surface area contributed by atoms with Gasteiger partial charge in [-0.15, -0.1) is 24.5 Å². The van der Waals surface area contributed by atoms with Crippen LogP contribution in [0.15, 0.2) is 54.2 Å². The number of halogens is 3. The Hall–Kier alpha value is -3.14. The van der Waals surface area contributed by atoms with Crippen molar-refractivity contribution in [1.82, 2.24) is 14.9 Å². The molecule has 158 valence electrons. The van der Waals surface area contributed by atoms with Crippen LogP contribution in [0.2, 0.25) is 0 Å². The maximum Gasteiger partial charge on any atom is 0.573 e. The summed E-state index contributed by atoms with van der Waals surface area (Å²) in [6.45, 7) is 3.99. The normalized spacial score (nSPS) is 11.4. The number of hydrogen-bond donors (Lipinski definition) is 1. The summed E-state index contributed by atoms with van der Waals surface area (Å²) < 4.78 is 40.6. The van der Waals surface area contributed by atoms with Crippen molar-refractivity contribution in [2.45, 2.75) is 32.8 Å². The summed E-state index contributed by atoms with van der Waals surface area (Å²) in [5.74, 6) is -0.357. The van der Waals surface area contributed by atoms with E-state index < -0.39 is 12.4 Å². The highest BCUT2D eigenvalue weighted by molar-refractivity contribution is 7.13. The summed E-state index contributed by atoms with van der Waals surface area (Å²) >= 11 is 1.51. The Labute approximate surface area is 175 Å². The smallest absolute Gasteiger partial charge is 0.406 e. The van der Waals surface area contributed by atoms with E-state index in [0.29, 0.717) is 11.4 Å². The van der Waals surface area contributed by atoms with E-state index in [1.165, 1.54) is 23.5 Å². The lowest BCUT2D eigenvalue weighted by atomic mass is 10.2. The first-order valence-corrected chi connectivity index (χ1v) is 9.87. The van der Waals surface area contributed by atoms with Crippen LogP contribution >= 0.6 is 11.3 Å². The number of rotatable bonds is 6. The molecule has 1 N–H and O–H groups in total. The first-order chi connectivity index (χ1) is 14.2. The first-order valence-electron chi connectivity index (χ1n) is 8.99. The second-order valence-corrected chi connectivity index (χ2v) is 7.49. The third-order valence-corrected chi connectivity index (χ3v) is 4.87. The number of carbonyl (C=O) groups excluding carboxylic acids is 1. The molecule has 0 spiro atoms. The molecule has 3 rings (SSSR count). The molecule has 0 aliphatic carbocycles. The van der Waals surface area contributed by atoms with Crippen molar-refractivity contribution in [2.75, 3.05) is 5.32 Å². The lowest BCUT2D eigenvalue weighted by Gasteiger charge is -2.27. The largest absolute Gasteiger partial charge is 0.573 e. The van der Waals surface area contributed by atoms with Crippen molar-refractivity contribution in [2.24, 2.45) is 0 Å². The second kappa shape index (κ2) is 9.12. The number of hydrogen-bond acceptors (Lipinski definition) is 5. The molecule has 6 nitrogen and oxygen atoms in total. The van der Waals surface area contributed by atoms with E-state index in [-0.39, 0.29) is 18.3 Å². The molecule has 0 radical (unpaired) electrons. The van der Waals surface area contributed by atoms with Gasteiger partial charge in [0.25, 0.3) is 0 Å². The fourth-order valence-corrected chi connectivity index (χ4v) is 3.30. The lowest BCUT2D eigenvalue weighted by Crippen LogP contribution is -2.39. The van der Waals surface area contributed by atoms with Gasteiger partial charge in [-0.25, -0.2) is 9.78 Å². The maximum absolute atomic E-state index is 12.8. The number of thiazole rings is 1. The number of alkyl halides is 3. The Kier molecular flexibility index (Phi) is 6.56. The van der Waals surface area contributed by atoms with Gasteiger partial charge in [-0.1, -0.05) is 0 Å². The highest BCUT2D eigenvalue weighted by Crippen LogP contribution is 2.25. The number of carbonyl (C=O) groups is 1. The fraction of sp³-hybridized carbons (Fsp3) is 0.250. The fourth-order valence-electron chi connectivity index (χ4n) is 2.66. The summed E-state index contributed by atoms with van der Waals surface area (Å²) in [5.41, 5.74) is 1.96. The third kappa shape index (κ3) is 5.93. The number of urea groups is 1. The summed E-state index contributed by atoms with van der Waals surface area (Å²) in [4.78, 5) is 22.9. The Morgan fingerprint density at radius 1 is 1.17 bits per heavy atom. The SMILES string of the molecule is CC(C)N(Cc1cc(-c2nccs2)ccn1)C(=O)Nc1ccc(OC(F)(F)F)cc1. The van der Waals surface area contributed by atoms with Crippen LogP contribution < -0.4 is 10.1 Å². The standard InChI is InChI=1S/C20H19F3N4O2S/c1-13(2)27(12-16-11-14(7-8-24-16)18-25-9-10-30-18)19(28)26-15-3-5-17(6-4-15)29-20(21,22)23/h3-11,13H,12H2,1-2H3,(H,26,28). The number of benzene rings is 1. The van der Waals surface area contributed by atoms with Gasteiger partial charge < -0.3 is 15.0 Å². The minimum Gasteiger partial charge on any atom is -0.406 e. The monoisotopic (exact) mass is 436 g/mol. The van der Waals surface area contributed by atoms with E-state index in [9.17, 15) is 18.0 Å². The van der Waals surface area contributed by atoms with Crippen LogP contribution in [-0.4, -0.2) is 33.3 Å². The first kappa shape index (κ1) is 21.6. The van der Waals surface area contributed by atoms with Gasteiger partial charge in [0.2, 0.25) is 0 Å². The van der Waals surface area contributed by atoms with Gasteiger partial charge in [-0.2, -0.15) is 0 Å². The van der Waals surface area contributed by atoms with Crippen LogP contribution in [0.25, 0.3) is 10.6 Å². The minimum atomic E-state index is -4.76. The summed E-state index contributed by atoms with van der Waals surface area (Å²) in [7, 11) is 0. The van der Waals surface area contributed by atoms with Crippen LogP contribution in [0.1, 0.15) is 19.5 Å². The predicted octanol–water partition coefficient (Wildman–Crippen LogP) is 5.55. The van der Waals surface area contributed by atoms with Crippen LogP contribution in [0, 0.1) is 0 Å². The Balaban J connectivity index is 1.69. The summed E-state index contributed by atoms with van der Waals surface area (Å²) in [6.07, 6.45) is -1.37. The number of pyridine rings is 1. The third-order valence-electron chi connectivity index (χ3n) is 4.05. The molecular formula is C20H19F3N4O2S. The Bertz CT molecular complexity index is 976. The van der Waals surface area contributed by atoms with E-state index in [2.05, 4.69) is 20.0 Å². The topological polar surface area (TPSA) is 67.4 Å². The molecule has 2 aromatic heterocycles. The van der Waals surface area contributed by atoms with E-state index in [1.807, 2.05) is 31.4 Å². The molecule has 3 aromatic rings. The Morgan fingerprint density at radius 3 is 2.50 bits per heavy atom. The molecule has 0 aliphatic heterocycles. The molecular weight excluding hydrogens is 417 g/mol. The summed E-state index contributed by atoms with van der Waals surface area (Å²) in [6, 6.07) is 8.18. The van der Waals surface area contributed by atoms with Crippen LogP contribution in [0.3, 0.4) is 0 Å². The van der Waals surface area contributed by atoms with Gasteiger partial charge in [0.15, 0.2) is 0 Å². The highest BCUT2D eigenvalue weighted by Gasteiger charge is 2.31. The van der Waals surface area contributed by atoms with Gasteiger partial charge in [-0.3, -0.25) is 4.98 Å². The van der Waals surface area contributed by atoms with Crippen LogP contribution in [-0.2, 0) is 6.54 Å². The quantitative estimate of drug-likeness (QED) is 0.550. The van der Waals surface area contributed by atoms with Gasteiger partial charge in [0.05, 0.1) is 12.2 Å². The molecule has 1 aromatic carbocycles. The highest BCUT2D eigenvalue weighted by atomic mass is 32.1. The van der Waals surface area contributed by atoms with E-state index >= 15 is 0 Å².